The van der Waals surface area contributed by atoms with Gasteiger partial charge in [-0.3, -0.25) is 9.59 Å². The van der Waals surface area contributed by atoms with Crippen molar-refractivity contribution in [1.29, 1.82) is 0 Å². The van der Waals surface area contributed by atoms with E-state index in [-0.39, 0.29) is 24.4 Å². The summed E-state index contributed by atoms with van der Waals surface area (Å²) >= 11 is 0. The van der Waals surface area contributed by atoms with Crippen LogP contribution in [0, 0.1) is 0 Å². The summed E-state index contributed by atoms with van der Waals surface area (Å²) in [5.74, 6) is 0.00720. The van der Waals surface area contributed by atoms with Crippen molar-refractivity contribution in [3.8, 4) is 0 Å². The van der Waals surface area contributed by atoms with Crippen molar-refractivity contribution in [3.05, 3.63) is 18.7 Å². The van der Waals surface area contributed by atoms with Crippen LogP contribution in [0.4, 0.5) is 0 Å². The van der Waals surface area contributed by atoms with Crippen LogP contribution in [0.2, 0.25) is 0 Å². The number of rotatable bonds is 5. The molecule has 6 heteroatoms. The largest absolute Gasteiger partial charge is 0.350 e. The molecule has 20 heavy (non-hydrogen) atoms. The summed E-state index contributed by atoms with van der Waals surface area (Å²) in [5, 5.41) is 2.92. The minimum absolute atomic E-state index is 0.0128. The van der Waals surface area contributed by atoms with Crippen molar-refractivity contribution in [3.63, 3.8) is 0 Å². The second kappa shape index (κ2) is 7.07. The molecule has 0 saturated carbocycles. The molecule has 2 rings (SSSR count). The predicted molar refractivity (Wildman–Crippen MR) is 74.9 cm³/mol. The Balaban J connectivity index is 1.77. The molecular formula is C14H22N4O2. The van der Waals surface area contributed by atoms with Gasteiger partial charge in [-0.15, -0.1) is 0 Å². The Morgan fingerprint density at radius 3 is 3.05 bits per heavy atom. The number of nitrogens with zero attached hydrogens (tertiary/aromatic N) is 3. The Morgan fingerprint density at radius 2 is 2.30 bits per heavy atom. The molecule has 1 aromatic rings. The zero-order valence-electron chi connectivity index (χ0n) is 11.9. The summed E-state index contributed by atoms with van der Waals surface area (Å²) < 4.78 is 1.92. The molecule has 0 radical (unpaired) electrons. The van der Waals surface area contributed by atoms with Crippen LogP contribution in [0.15, 0.2) is 18.7 Å². The average Bonchev–Trinajstić information content (AvgIpc) is 2.81. The van der Waals surface area contributed by atoms with Crippen LogP contribution in [-0.2, 0) is 16.1 Å². The van der Waals surface area contributed by atoms with Gasteiger partial charge >= 0.3 is 0 Å². The number of carbonyl (C=O) groups excluding carboxylic acids is 2. The highest BCUT2D eigenvalue weighted by molar-refractivity contribution is 5.85. The minimum Gasteiger partial charge on any atom is -0.350 e. The lowest BCUT2D eigenvalue weighted by atomic mass is 10.2. The molecule has 0 unspecified atom stereocenters. The Morgan fingerprint density at radius 1 is 1.45 bits per heavy atom. The van der Waals surface area contributed by atoms with E-state index in [0.717, 1.165) is 19.3 Å². The highest BCUT2D eigenvalue weighted by Crippen LogP contribution is 2.10. The Hall–Kier alpha value is -1.85. The maximum Gasteiger partial charge on any atom is 0.239 e. The first-order valence-corrected chi connectivity index (χ1v) is 7.18. The van der Waals surface area contributed by atoms with E-state index in [0.29, 0.717) is 19.5 Å². The van der Waals surface area contributed by atoms with E-state index < -0.39 is 0 Å². The SMILES string of the molecule is C[C@@H](Cn1ccnc1)NC(=O)CN1CCCCCC1=O. The van der Waals surface area contributed by atoms with E-state index in [2.05, 4.69) is 10.3 Å². The van der Waals surface area contributed by atoms with Gasteiger partial charge in [-0.2, -0.15) is 0 Å². The molecule has 1 aromatic heterocycles. The monoisotopic (exact) mass is 278 g/mol. The smallest absolute Gasteiger partial charge is 0.239 e. The fourth-order valence-corrected chi connectivity index (χ4v) is 2.46. The van der Waals surface area contributed by atoms with Crippen LogP contribution in [0.5, 0.6) is 0 Å². The molecule has 0 aliphatic carbocycles. The van der Waals surface area contributed by atoms with E-state index in [4.69, 9.17) is 0 Å². The first-order valence-electron chi connectivity index (χ1n) is 7.18. The quantitative estimate of drug-likeness (QED) is 0.866. The van der Waals surface area contributed by atoms with Gasteiger partial charge in [0.05, 0.1) is 12.9 Å². The second-order valence-corrected chi connectivity index (χ2v) is 5.35. The molecule has 110 valence electrons. The topological polar surface area (TPSA) is 67.2 Å². The lowest BCUT2D eigenvalue weighted by Gasteiger charge is -2.21. The van der Waals surface area contributed by atoms with Crippen LogP contribution in [0.3, 0.4) is 0 Å². The zero-order chi connectivity index (χ0) is 14.4. The van der Waals surface area contributed by atoms with Gasteiger partial charge in [0.2, 0.25) is 11.8 Å². The molecule has 0 aromatic carbocycles. The third-order valence-corrected chi connectivity index (χ3v) is 3.46. The highest BCUT2D eigenvalue weighted by atomic mass is 16.2. The summed E-state index contributed by atoms with van der Waals surface area (Å²) in [4.78, 5) is 29.4. The third kappa shape index (κ3) is 4.36. The molecule has 1 atom stereocenters. The molecule has 1 fully saturated rings. The number of carbonyl (C=O) groups is 2. The number of likely N-dealkylation sites (tertiary alicyclic amines) is 1. The van der Waals surface area contributed by atoms with Gasteiger partial charge in [0, 0.05) is 37.9 Å². The van der Waals surface area contributed by atoms with Gasteiger partial charge in [0.1, 0.15) is 0 Å². The molecule has 1 aliphatic heterocycles. The second-order valence-electron chi connectivity index (χ2n) is 5.35. The van der Waals surface area contributed by atoms with Crippen molar-refractivity contribution >= 4 is 11.8 Å². The standard InChI is InChI=1S/C14H22N4O2/c1-12(9-17-8-6-15-11-17)16-13(19)10-18-7-4-2-3-5-14(18)20/h6,8,11-12H,2-5,7,9-10H2,1H3,(H,16,19)/t12-/m0/s1. The summed E-state index contributed by atoms with van der Waals surface area (Å²) in [6, 6.07) is 0.0128. The third-order valence-electron chi connectivity index (χ3n) is 3.46. The number of nitrogens with one attached hydrogen (secondary N) is 1. The first-order chi connectivity index (χ1) is 9.65. The zero-order valence-corrected chi connectivity index (χ0v) is 11.9. The van der Waals surface area contributed by atoms with Gasteiger partial charge < -0.3 is 14.8 Å². The van der Waals surface area contributed by atoms with Crippen molar-refractivity contribution in [1.82, 2.24) is 19.8 Å². The van der Waals surface area contributed by atoms with E-state index in [1.807, 2.05) is 17.7 Å². The van der Waals surface area contributed by atoms with Gasteiger partial charge in [-0.25, -0.2) is 4.98 Å². The van der Waals surface area contributed by atoms with Gasteiger partial charge in [0.15, 0.2) is 0 Å². The molecular weight excluding hydrogens is 256 g/mol. The summed E-state index contributed by atoms with van der Waals surface area (Å²) in [5.41, 5.74) is 0. The number of imidazole rings is 1. The summed E-state index contributed by atoms with van der Waals surface area (Å²) in [6.45, 7) is 3.50. The van der Waals surface area contributed by atoms with Crippen molar-refractivity contribution in [2.75, 3.05) is 13.1 Å². The fraction of sp³-hybridized carbons (Fsp3) is 0.643. The molecule has 2 heterocycles. The van der Waals surface area contributed by atoms with E-state index in [9.17, 15) is 9.59 Å². The Bertz CT molecular complexity index is 444. The highest BCUT2D eigenvalue weighted by Gasteiger charge is 2.19. The Labute approximate surface area is 119 Å². The van der Waals surface area contributed by atoms with Crippen molar-refractivity contribution in [2.45, 2.75) is 45.2 Å². The van der Waals surface area contributed by atoms with E-state index in [1.165, 1.54) is 0 Å². The number of hydrogen-bond donors (Lipinski definition) is 1. The summed E-state index contributed by atoms with van der Waals surface area (Å²) in [7, 11) is 0. The fourth-order valence-electron chi connectivity index (χ4n) is 2.46. The van der Waals surface area contributed by atoms with Gasteiger partial charge in [0.25, 0.3) is 0 Å². The van der Waals surface area contributed by atoms with Crippen molar-refractivity contribution in [2.24, 2.45) is 0 Å². The molecule has 2 amide bonds. The summed E-state index contributed by atoms with van der Waals surface area (Å²) in [6.07, 6.45) is 8.86. The van der Waals surface area contributed by atoms with E-state index >= 15 is 0 Å². The normalized spacial score (nSPS) is 17.6. The van der Waals surface area contributed by atoms with Crippen LogP contribution in [-0.4, -0.2) is 45.4 Å². The molecule has 1 aliphatic rings. The molecule has 1 N–H and O–H groups in total. The van der Waals surface area contributed by atoms with Crippen LogP contribution in [0.25, 0.3) is 0 Å². The molecule has 1 saturated heterocycles. The molecule has 0 spiro atoms. The van der Waals surface area contributed by atoms with Gasteiger partial charge in [-0.1, -0.05) is 6.42 Å². The maximum absolute atomic E-state index is 12.0. The Kier molecular flexibility index (Phi) is 5.15. The molecule has 6 nitrogen and oxygen atoms in total. The number of aromatic nitrogens is 2. The lowest BCUT2D eigenvalue weighted by Crippen LogP contribution is -2.44. The first kappa shape index (κ1) is 14.6. The van der Waals surface area contributed by atoms with Crippen molar-refractivity contribution < 1.29 is 9.59 Å². The van der Waals surface area contributed by atoms with Crippen LogP contribution < -0.4 is 5.32 Å². The average molecular weight is 278 g/mol. The maximum atomic E-state index is 12.0. The van der Waals surface area contributed by atoms with Crippen LogP contribution in [0.1, 0.15) is 32.6 Å². The lowest BCUT2D eigenvalue weighted by molar-refractivity contribution is -0.135. The number of amides is 2. The van der Waals surface area contributed by atoms with Gasteiger partial charge in [-0.05, 0) is 19.8 Å². The molecule has 0 bridgehead atoms. The number of hydrogen-bond acceptors (Lipinski definition) is 3. The minimum atomic E-state index is -0.0899. The van der Waals surface area contributed by atoms with Crippen LogP contribution >= 0.6 is 0 Å². The predicted octanol–water partition coefficient (Wildman–Crippen LogP) is 0.790. The van der Waals surface area contributed by atoms with E-state index in [1.54, 1.807) is 17.4 Å².